The molecule has 5 rings (SSSR count). The molecule has 2 aliphatic rings. The van der Waals surface area contributed by atoms with Gasteiger partial charge in [0, 0.05) is 42.5 Å². The molecule has 3 aromatic rings. The number of nitrogens with zero attached hydrogens (tertiary/aromatic N) is 5. The van der Waals surface area contributed by atoms with Crippen LogP contribution >= 0.6 is 11.3 Å². The topological polar surface area (TPSA) is 67.6 Å². The van der Waals surface area contributed by atoms with Gasteiger partial charge in [-0.1, -0.05) is 19.3 Å². The first-order valence-electron chi connectivity index (χ1n) is 10.6. The van der Waals surface area contributed by atoms with E-state index in [4.69, 9.17) is 9.84 Å². The van der Waals surface area contributed by atoms with Crippen molar-refractivity contribution in [2.75, 3.05) is 44.7 Å². The van der Waals surface area contributed by atoms with E-state index in [9.17, 15) is 0 Å². The highest BCUT2D eigenvalue weighted by atomic mass is 32.1. The summed E-state index contributed by atoms with van der Waals surface area (Å²) in [7, 11) is 0. The van der Waals surface area contributed by atoms with Crippen molar-refractivity contribution in [1.82, 2.24) is 24.7 Å². The van der Waals surface area contributed by atoms with Crippen LogP contribution in [-0.4, -0.2) is 64.1 Å². The van der Waals surface area contributed by atoms with E-state index in [-0.39, 0.29) is 0 Å². The molecule has 4 heterocycles. The third-order valence-electron chi connectivity index (χ3n) is 6.26. The van der Waals surface area contributed by atoms with Gasteiger partial charge in [-0.15, -0.1) is 15.3 Å². The molecule has 0 atom stereocenters. The van der Waals surface area contributed by atoms with Crippen molar-refractivity contribution in [2.45, 2.75) is 32.1 Å². The third-order valence-corrected chi connectivity index (χ3v) is 6.95. The quantitative estimate of drug-likeness (QED) is 0.668. The average Bonchev–Trinajstić information content (AvgIpc) is 3.43. The number of hydrogen-bond acceptors (Lipinski definition) is 7. The molecule has 0 unspecified atom stereocenters. The maximum Gasteiger partial charge on any atom is 0.186 e. The summed E-state index contributed by atoms with van der Waals surface area (Å²) in [6, 6.07) is 6.07. The Morgan fingerprint density at radius 2 is 1.93 bits per heavy atom. The van der Waals surface area contributed by atoms with Gasteiger partial charge in [-0.05, 0) is 36.4 Å². The lowest BCUT2D eigenvalue weighted by Crippen LogP contribution is -2.47. The van der Waals surface area contributed by atoms with E-state index >= 15 is 0 Å². The number of aromatic nitrogens is 4. The SMILES string of the molecule is c1cc(-c2nnc3ccc(NCC4(CN5CCOCC5)CCCCC4)nn23)cs1. The van der Waals surface area contributed by atoms with Crippen molar-refractivity contribution >= 4 is 22.8 Å². The molecule has 7 nitrogen and oxygen atoms in total. The summed E-state index contributed by atoms with van der Waals surface area (Å²) in [6.45, 7) is 5.94. The van der Waals surface area contributed by atoms with Gasteiger partial charge in [0.15, 0.2) is 11.5 Å². The van der Waals surface area contributed by atoms with Crippen LogP contribution in [0.15, 0.2) is 29.0 Å². The first-order valence-corrected chi connectivity index (χ1v) is 11.5. The zero-order valence-corrected chi connectivity index (χ0v) is 17.5. The number of hydrogen-bond donors (Lipinski definition) is 1. The van der Waals surface area contributed by atoms with Crippen molar-refractivity contribution in [3.8, 4) is 11.4 Å². The number of anilines is 1. The monoisotopic (exact) mass is 412 g/mol. The fraction of sp³-hybridized carbons (Fsp3) is 0.571. The molecule has 1 saturated carbocycles. The van der Waals surface area contributed by atoms with Crippen molar-refractivity contribution in [3.63, 3.8) is 0 Å². The Kier molecular flexibility index (Phi) is 5.48. The number of rotatable bonds is 6. The minimum Gasteiger partial charge on any atom is -0.379 e. The third kappa shape index (κ3) is 4.15. The second kappa shape index (κ2) is 8.38. The molecule has 1 N–H and O–H groups in total. The largest absolute Gasteiger partial charge is 0.379 e. The summed E-state index contributed by atoms with van der Waals surface area (Å²) in [4.78, 5) is 2.58. The molecule has 2 fully saturated rings. The average molecular weight is 413 g/mol. The molecule has 1 aliphatic heterocycles. The van der Waals surface area contributed by atoms with Crippen LogP contribution in [0, 0.1) is 5.41 Å². The molecule has 3 aromatic heterocycles. The number of nitrogens with one attached hydrogen (secondary N) is 1. The van der Waals surface area contributed by atoms with Gasteiger partial charge in [-0.3, -0.25) is 4.90 Å². The first-order chi connectivity index (χ1) is 14.3. The molecule has 0 amide bonds. The number of morpholine rings is 1. The van der Waals surface area contributed by atoms with Gasteiger partial charge in [0.05, 0.1) is 13.2 Å². The van der Waals surface area contributed by atoms with Gasteiger partial charge in [0.1, 0.15) is 5.82 Å². The Labute approximate surface area is 175 Å². The fourth-order valence-electron chi connectivity index (χ4n) is 4.66. The zero-order chi connectivity index (χ0) is 19.5. The summed E-state index contributed by atoms with van der Waals surface area (Å²) in [5.74, 6) is 1.69. The van der Waals surface area contributed by atoms with Crippen molar-refractivity contribution in [3.05, 3.63) is 29.0 Å². The lowest BCUT2D eigenvalue weighted by Gasteiger charge is -2.42. The van der Waals surface area contributed by atoms with Crippen molar-refractivity contribution in [1.29, 1.82) is 0 Å². The zero-order valence-electron chi connectivity index (χ0n) is 16.7. The van der Waals surface area contributed by atoms with E-state index in [1.54, 1.807) is 11.3 Å². The van der Waals surface area contributed by atoms with Crippen LogP contribution in [0.1, 0.15) is 32.1 Å². The van der Waals surface area contributed by atoms with Gasteiger partial charge >= 0.3 is 0 Å². The molecule has 0 bridgehead atoms. The standard InChI is InChI=1S/C21H28N6OS/c1-2-7-21(8-3-1,16-26-9-11-28-12-10-26)15-22-18-4-5-19-23-24-20(27(19)25-18)17-6-13-29-14-17/h4-6,13-14H,1-3,7-12,15-16H2,(H,22,25). The fourth-order valence-corrected chi connectivity index (χ4v) is 5.29. The van der Waals surface area contributed by atoms with Crippen molar-refractivity contribution in [2.24, 2.45) is 5.41 Å². The first kappa shape index (κ1) is 19.0. The van der Waals surface area contributed by atoms with Gasteiger partial charge in [0.25, 0.3) is 0 Å². The van der Waals surface area contributed by atoms with Crippen molar-refractivity contribution < 1.29 is 4.74 Å². The Morgan fingerprint density at radius 3 is 2.72 bits per heavy atom. The van der Waals surface area contributed by atoms with Crippen LogP contribution in [0.5, 0.6) is 0 Å². The predicted octanol–water partition coefficient (Wildman–Crippen LogP) is 3.55. The van der Waals surface area contributed by atoms with Crippen LogP contribution in [0.3, 0.4) is 0 Å². The number of fused-ring (bicyclic) bond motifs is 1. The molecule has 1 aliphatic carbocycles. The van der Waals surface area contributed by atoms with E-state index in [1.165, 1.54) is 32.1 Å². The molecule has 1 saturated heterocycles. The Bertz CT molecular complexity index is 928. The van der Waals surface area contributed by atoms with Gasteiger partial charge in [-0.25, -0.2) is 0 Å². The molecule has 0 radical (unpaired) electrons. The maximum absolute atomic E-state index is 5.54. The highest BCUT2D eigenvalue weighted by Gasteiger charge is 2.34. The van der Waals surface area contributed by atoms with E-state index in [2.05, 4.69) is 37.2 Å². The lowest BCUT2D eigenvalue weighted by molar-refractivity contribution is 0.0102. The van der Waals surface area contributed by atoms with Gasteiger partial charge < -0.3 is 10.1 Å². The second-order valence-corrected chi connectivity index (χ2v) is 9.11. The molecule has 8 heteroatoms. The van der Waals surface area contributed by atoms with Gasteiger partial charge in [-0.2, -0.15) is 15.9 Å². The molecular weight excluding hydrogens is 384 g/mol. The predicted molar refractivity (Wildman–Crippen MR) is 115 cm³/mol. The van der Waals surface area contributed by atoms with Crippen LogP contribution in [-0.2, 0) is 4.74 Å². The summed E-state index contributed by atoms with van der Waals surface area (Å²) >= 11 is 1.66. The molecule has 29 heavy (non-hydrogen) atoms. The Hall–Kier alpha value is -2.03. The van der Waals surface area contributed by atoms with Crippen LogP contribution in [0.4, 0.5) is 5.82 Å². The van der Waals surface area contributed by atoms with E-state index in [0.29, 0.717) is 5.41 Å². The highest BCUT2D eigenvalue weighted by molar-refractivity contribution is 7.08. The summed E-state index contributed by atoms with van der Waals surface area (Å²) in [5, 5.41) is 21.2. The smallest absolute Gasteiger partial charge is 0.186 e. The van der Waals surface area contributed by atoms with E-state index < -0.39 is 0 Å². The lowest BCUT2D eigenvalue weighted by atomic mass is 9.73. The van der Waals surface area contributed by atoms with Crippen LogP contribution in [0.2, 0.25) is 0 Å². The Balaban J connectivity index is 1.34. The number of ether oxygens (including phenoxy) is 1. The second-order valence-electron chi connectivity index (χ2n) is 8.33. The Morgan fingerprint density at radius 1 is 1.07 bits per heavy atom. The maximum atomic E-state index is 5.54. The van der Waals surface area contributed by atoms with Gasteiger partial charge in [0.2, 0.25) is 0 Å². The summed E-state index contributed by atoms with van der Waals surface area (Å²) in [6.07, 6.45) is 6.58. The summed E-state index contributed by atoms with van der Waals surface area (Å²) < 4.78 is 7.39. The molecule has 0 spiro atoms. The van der Waals surface area contributed by atoms with Crippen LogP contribution in [0.25, 0.3) is 17.0 Å². The molecule has 154 valence electrons. The minimum atomic E-state index is 0.315. The molecule has 0 aromatic carbocycles. The minimum absolute atomic E-state index is 0.315. The summed E-state index contributed by atoms with van der Waals surface area (Å²) in [5.41, 5.74) is 2.15. The highest BCUT2D eigenvalue weighted by Crippen LogP contribution is 2.37. The molecular formula is C21H28N6OS. The normalized spacial score (nSPS) is 20.1. The van der Waals surface area contributed by atoms with E-state index in [0.717, 1.165) is 62.2 Å². The van der Waals surface area contributed by atoms with E-state index in [1.807, 2.05) is 16.6 Å². The van der Waals surface area contributed by atoms with Crippen LogP contribution < -0.4 is 5.32 Å². The number of thiophene rings is 1.